The largest absolute Gasteiger partial charge is 0.511 e. The van der Waals surface area contributed by atoms with Crippen molar-refractivity contribution in [3.63, 3.8) is 0 Å². The topological polar surface area (TPSA) is 94.0 Å². The third-order valence-electron chi connectivity index (χ3n) is 4.59. The second-order valence-electron chi connectivity index (χ2n) is 6.54. The van der Waals surface area contributed by atoms with E-state index in [2.05, 4.69) is 15.6 Å². The summed E-state index contributed by atoms with van der Waals surface area (Å²) < 4.78 is 61.0. The van der Waals surface area contributed by atoms with Gasteiger partial charge in [-0.3, -0.25) is 4.99 Å². The smallest absolute Gasteiger partial charge is 0.388 e. The molecule has 1 aliphatic carbocycles. The van der Waals surface area contributed by atoms with E-state index < -0.39 is 21.1 Å². The molecule has 0 unspecified atom stereocenters. The van der Waals surface area contributed by atoms with Crippen LogP contribution >= 0.6 is 24.0 Å². The van der Waals surface area contributed by atoms with Gasteiger partial charge in [0.2, 0.25) is 0 Å². The number of sulfonamides is 1. The van der Waals surface area contributed by atoms with Crippen molar-refractivity contribution in [2.24, 2.45) is 4.99 Å². The average molecular weight is 514 g/mol. The fourth-order valence-electron chi connectivity index (χ4n) is 2.87. The summed E-state index contributed by atoms with van der Waals surface area (Å²) >= 11 is 0. The van der Waals surface area contributed by atoms with Crippen LogP contribution in [-0.4, -0.2) is 67.1 Å². The molecule has 7 nitrogen and oxygen atoms in total. The van der Waals surface area contributed by atoms with Gasteiger partial charge < -0.3 is 15.7 Å². The fraction of sp³-hybridized carbons (Fsp3) is 0.929. The molecular weight excluding hydrogens is 488 g/mol. The number of halogens is 4. The lowest BCUT2D eigenvalue weighted by atomic mass is 9.80. The van der Waals surface area contributed by atoms with E-state index in [1.165, 1.54) is 0 Å². The predicted octanol–water partition coefficient (Wildman–Crippen LogP) is 1.39. The van der Waals surface area contributed by atoms with Gasteiger partial charge in [-0.05, 0) is 39.0 Å². The van der Waals surface area contributed by atoms with Crippen molar-refractivity contribution in [2.45, 2.75) is 56.2 Å². The monoisotopic (exact) mass is 514 g/mol. The first-order chi connectivity index (χ1) is 11.6. The number of hydrogen-bond donors (Lipinski definition) is 3. The van der Waals surface area contributed by atoms with Gasteiger partial charge in [0.05, 0.1) is 12.1 Å². The molecule has 2 aliphatic rings. The summed E-state index contributed by atoms with van der Waals surface area (Å²) in [6.45, 7) is 2.37. The molecule has 2 fully saturated rings. The minimum Gasteiger partial charge on any atom is -0.388 e. The van der Waals surface area contributed by atoms with E-state index in [9.17, 15) is 26.7 Å². The number of alkyl halides is 3. The molecule has 1 heterocycles. The molecule has 26 heavy (non-hydrogen) atoms. The molecule has 0 aromatic carbocycles. The van der Waals surface area contributed by atoms with Crippen molar-refractivity contribution >= 4 is 40.0 Å². The summed E-state index contributed by atoms with van der Waals surface area (Å²) in [5, 5.41) is 16.2. The maximum Gasteiger partial charge on any atom is 0.511 e. The number of piperidine rings is 1. The van der Waals surface area contributed by atoms with Gasteiger partial charge in [-0.15, -0.1) is 24.0 Å². The van der Waals surface area contributed by atoms with Crippen LogP contribution in [0.2, 0.25) is 0 Å². The highest BCUT2D eigenvalue weighted by Gasteiger charge is 2.50. The van der Waals surface area contributed by atoms with Gasteiger partial charge in [0.15, 0.2) is 5.96 Å². The zero-order valence-corrected chi connectivity index (χ0v) is 17.7. The molecule has 0 radical (unpaired) electrons. The first kappa shape index (κ1) is 23.7. The number of hydrogen-bond acceptors (Lipinski definition) is 4. The Kier molecular flexibility index (Phi) is 8.42. The first-order valence-electron chi connectivity index (χ1n) is 8.41. The molecule has 0 amide bonds. The highest BCUT2D eigenvalue weighted by Crippen LogP contribution is 2.31. The number of nitrogens with one attached hydrogen (secondary N) is 2. The fourth-order valence-corrected chi connectivity index (χ4v) is 3.85. The predicted molar refractivity (Wildman–Crippen MR) is 103 cm³/mol. The van der Waals surface area contributed by atoms with Crippen molar-refractivity contribution in [3.8, 4) is 0 Å². The molecule has 3 N–H and O–H groups in total. The van der Waals surface area contributed by atoms with Crippen LogP contribution in [-0.2, 0) is 10.0 Å². The molecule has 0 spiro atoms. The molecule has 1 aliphatic heterocycles. The molecule has 0 aromatic heterocycles. The zero-order chi connectivity index (χ0) is 18.7. The second-order valence-corrected chi connectivity index (χ2v) is 8.47. The van der Waals surface area contributed by atoms with Gasteiger partial charge in [0.25, 0.3) is 0 Å². The van der Waals surface area contributed by atoms with Gasteiger partial charge in [0.1, 0.15) is 0 Å². The van der Waals surface area contributed by atoms with E-state index in [0.717, 1.165) is 6.42 Å². The van der Waals surface area contributed by atoms with Crippen molar-refractivity contribution in [1.82, 2.24) is 14.9 Å². The Bertz CT molecular complexity index is 589. The van der Waals surface area contributed by atoms with Crippen LogP contribution in [0.3, 0.4) is 0 Å². The average Bonchev–Trinajstić information content (AvgIpc) is 2.50. The summed E-state index contributed by atoms with van der Waals surface area (Å²) in [6.07, 6.45) is 2.91. The molecule has 0 aromatic rings. The molecule has 0 bridgehead atoms. The summed E-state index contributed by atoms with van der Waals surface area (Å²) in [4.78, 5) is 4.34. The highest BCUT2D eigenvalue weighted by atomic mass is 127. The highest BCUT2D eigenvalue weighted by molar-refractivity contribution is 14.0. The lowest BCUT2D eigenvalue weighted by molar-refractivity contribution is -0.0494. The van der Waals surface area contributed by atoms with Gasteiger partial charge >= 0.3 is 15.5 Å². The Balaban J connectivity index is 0.00000338. The minimum absolute atomic E-state index is 0. The Hall–Kier alpha value is -0.340. The van der Waals surface area contributed by atoms with E-state index in [4.69, 9.17) is 0 Å². The molecular formula is C14H26F3IN4O3S. The minimum atomic E-state index is -5.26. The van der Waals surface area contributed by atoms with Crippen LogP contribution in [0.5, 0.6) is 0 Å². The molecule has 2 rings (SSSR count). The number of nitrogens with zero attached hydrogens (tertiary/aromatic N) is 2. The van der Waals surface area contributed by atoms with Gasteiger partial charge in [-0.1, -0.05) is 0 Å². The molecule has 154 valence electrons. The number of aliphatic imine (C=N–C) groups is 1. The van der Waals surface area contributed by atoms with Crippen molar-refractivity contribution in [2.75, 3.05) is 26.2 Å². The number of aliphatic hydroxyl groups is 1. The van der Waals surface area contributed by atoms with Gasteiger partial charge in [0, 0.05) is 25.7 Å². The van der Waals surface area contributed by atoms with Crippen LogP contribution < -0.4 is 10.6 Å². The van der Waals surface area contributed by atoms with Crippen molar-refractivity contribution in [1.29, 1.82) is 0 Å². The zero-order valence-electron chi connectivity index (χ0n) is 14.5. The maximum absolute atomic E-state index is 12.6. The lowest BCUT2D eigenvalue weighted by Crippen LogP contribution is -2.52. The summed E-state index contributed by atoms with van der Waals surface area (Å²) in [5.41, 5.74) is -6.02. The summed E-state index contributed by atoms with van der Waals surface area (Å²) in [7, 11) is -5.26. The Labute approximate surface area is 168 Å². The van der Waals surface area contributed by atoms with E-state index in [0.29, 0.717) is 29.7 Å². The Morgan fingerprint density at radius 2 is 1.88 bits per heavy atom. The first-order valence-corrected chi connectivity index (χ1v) is 9.85. The maximum atomic E-state index is 12.6. The SMILES string of the molecule is CCNC(=NCC1(O)CCC1)NC1CCN(S(=O)(=O)C(F)(F)F)CC1.I. The molecule has 1 saturated carbocycles. The number of guanidine groups is 1. The van der Waals surface area contributed by atoms with E-state index in [1.807, 2.05) is 6.92 Å². The molecule has 1 saturated heterocycles. The van der Waals surface area contributed by atoms with Crippen molar-refractivity contribution in [3.05, 3.63) is 0 Å². The second kappa shape index (κ2) is 9.24. The quantitative estimate of drug-likeness (QED) is 0.293. The molecule has 0 atom stereocenters. The van der Waals surface area contributed by atoms with Crippen LogP contribution in [0, 0.1) is 0 Å². The lowest BCUT2D eigenvalue weighted by Gasteiger charge is -2.35. The van der Waals surface area contributed by atoms with E-state index >= 15 is 0 Å². The van der Waals surface area contributed by atoms with E-state index in [-0.39, 0.29) is 62.5 Å². The standard InChI is InChI=1S/C14H25F3N4O3S.HI/c1-2-18-12(19-10-13(22)6-3-7-13)20-11-4-8-21(9-5-11)25(23,24)14(15,16)17;/h11,22H,2-10H2,1H3,(H2,18,19,20);1H. The summed E-state index contributed by atoms with van der Waals surface area (Å²) in [6, 6.07) is -0.173. The Morgan fingerprint density at radius 3 is 2.31 bits per heavy atom. The third-order valence-corrected chi connectivity index (χ3v) is 6.22. The van der Waals surface area contributed by atoms with Crippen molar-refractivity contribution < 1.29 is 26.7 Å². The Morgan fingerprint density at radius 1 is 1.31 bits per heavy atom. The van der Waals surface area contributed by atoms with E-state index in [1.54, 1.807) is 0 Å². The van der Waals surface area contributed by atoms with Gasteiger partial charge in [-0.2, -0.15) is 17.5 Å². The number of rotatable bonds is 5. The normalized spacial score (nSPS) is 22.3. The van der Waals surface area contributed by atoms with Crippen LogP contribution in [0.4, 0.5) is 13.2 Å². The van der Waals surface area contributed by atoms with Crippen LogP contribution in [0.15, 0.2) is 4.99 Å². The van der Waals surface area contributed by atoms with Crippen LogP contribution in [0.25, 0.3) is 0 Å². The van der Waals surface area contributed by atoms with Crippen LogP contribution in [0.1, 0.15) is 39.0 Å². The van der Waals surface area contributed by atoms with Gasteiger partial charge in [-0.25, -0.2) is 8.42 Å². The molecule has 12 heteroatoms. The summed E-state index contributed by atoms with van der Waals surface area (Å²) in [5.74, 6) is 0.486. The third kappa shape index (κ3) is 5.83.